The number of nitrogens with one attached hydrogen (secondary N) is 1. The van der Waals surface area contributed by atoms with E-state index in [9.17, 15) is 13.6 Å². The molecule has 2 aromatic carbocycles. The van der Waals surface area contributed by atoms with Gasteiger partial charge < -0.3 is 19.5 Å². The van der Waals surface area contributed by atoms with Gasteiger partial charge in [0, 0.05) is 23.9 Å². The van der Waals surface area contributed by atoms with Crippen molar-refractivity contribution in [3.05, 3.63) is 60.0 Å². The number of amides is 2. The van der Waals surface area contributed by atoms with E-state index in [0.29, 0.717) is 30.4 Å². The largest absolute Gasteiger partial charge is 0.497 e. The monoisotopic (exact) mass is 414 g/mol. The molecular formula is C21H20F2N4O3. The molecule has 1 unspecified atom stereocenters. The first-order valence-corrected chi connectivity index (χ1v) is 9.56. The summed E-state index contributed by atoms with van der Waals surface area (Å²) in [6.45, 7) is 0.483. The molecule has 0 saturated carbocycles. The zero-order valence-electron chi connectivity index (χ0n) is 16.3. The molecule has 0 bridgehead atoms. The second-order valence-electron chi connectivity index (χ2n) is 6.95. The van der Waals surface area contributed by atoms with Crippen molar-refractivity contribution in [3.63, 3.8) is 0 Å². The van der Waals surface area contributed by atoms with E-state index in [1.165, 1.54) is 6.07 Å². The number of methoxy groups -OCH3 is 1. The second kappa shape index (κ2) is 8.48. The molecule has 1 aliphatic rings. The molecule has 2 heterocycles. The molecule has 2 amide bonds. The topological polar surface area (TPSA) is 80.5 Å². The Kier molecular flexibility index (Phi) is 5.60. The van der Waals surface area contributed by atoms with Gasteiger partial charge in [0.15, 0.2) is 11.6 Å². The van der Waals surface area contributed by atoms with Crippen LogP contribution in [0.3, 0.4) is 0 Å². The van der Waals surface area contributed by atoms with Crippen LogP contribution in [0, 0.1) is 11.6 Å². The third-order valence-corrected chi connectivity index (χ3v) is 4.99. The Morgan fingerprint density at radius 2 is 2.07 bits per heavy atom. The molecule has 1 aliphatic heterocycles. The molecule has 0 spiro atoms. The van der Waals surface area contributed by atoms with Crippen LogP contribution in [0.4, 0.5) is 19.3 Å². The summed E-state index contributed by atoms with van der Waals surface area (Å²) in [4.78, 5) is 18.9. The summed E-state index contributed by atoms with van der Waals surface area (Å²) in [5.41, 5.74) is 0.906. The number of piperidine rings is 1. The van der Waals surface area contributed by atoms with Gasteiger partial charge in [0.05, 0.1) is 7.11 Å². The van der Waals surface area contributed by atoms with Gasteiger partial charge in [-0.1, -0.05) is 17.3 Å². The van der Waals surface area contributed by atoms with Crippen molar-refractivity contribution in [2.24, 2.45) is 0 Å². The summed E-state index contributed by atoms with van der Waals surface area (Å²) in [6.07, 6.45) is 2.38. The summed E-state index contributed by atoms with van der Waals surface area (Å²) in [5, 5.41) is 6.65. The smallest absolute Gasteiger partial charge is 0.322 e. The molecule has 7 nitrogen and oxygen atoms in total. The predicted octanol–water partition coefficient (Wildman–Crippen LogP) is 4.78. The standard InChI is InChI=1S/C21H20F2N4O3/c1-29-15-6-4-5-13(11-15)19-25-20(30-26-19)18-7-2-3-10-27(18)21(28)24-14-8-9-16(22)17(23)12-14/h4-6,8-9,11-12,18H,2-3,7,10H2,1H3,(H,24,28). The van der Waals surface area contributed by atoms with Gasteiger partial charge in [-0.25, -0.2) is 13.6 Å². The fourth-order valence-corrected chi connectivity index (χ4v) is 3.45. The number of aromatic nitrogens is 2. The normalized spacial score (nSPS) is 16.4. The molecule has 9 heteroatoms. The molecule has 1 N–H and O–H groups in total. The number of anilines is 1. The molecular weight excluding hydrogens is 394 g/mol. The van der Waals surface area contributed by atoms with Crippen LogP contribution in [0.15, 0.2) is 47.0 Å². The first-order valence-electron chi connectivity index (χ1n) is 9.56. The lowest BCUT2D eigenvalue weighted by Crippen LogP contribution is -2.41. The highest BCUT2D eigenvalue weighted by Crippen LogP contribution is 2.32. The summed E-state index contributed by atoms with van der Waals surface area (Å²) in [7, 11) is 1.58. The number of benzene rings is 2. The Morgan fingerprint density at radius 3 is 2.87 bits per heavy atom. The summed E-state index contributed by atoms with van der Waals surface area (Å²) >= 11 is 0. The summed E-state index contributed by atoms with van der Waals surface area (Å²) in [5.74, 6) is -0.602. The van der Waals surface area contributed by atoms with E-state index in [1.807, 2.05) is 18.2 Å². The third kappa shape index (κ3) is 4.10. The second-order valence-corrected chi connectivity index (χ2v) is 6.95. The van der Waals surface area contributed by atoms with Gasteiger partial charge in [0.2, 0.25) is 11.7 Å². The highest BCUT2D eigenvalue weighted by molar-refractivity contribution is 5.89. The zero-order valence-corrected chi connectivity index (χ0v) is 16.3. The van der Waals surface area contributed by atoms with Crippen molar-refractivity contribution in [2.45, 2.75) is 25.3 Å². The number of hydrogen-bond acceptors (Lipinski definition) is 5. The minimum absolute atomic E-state index is 0.172. The molecule has 3 aromatic rings. The minimum Gasteiger partial charge on any atom is -0.497 e. The van der Waals surface area contributed by atoms with E-state index < -0.39 is 23.7 Å². The van der Waals surface area contributed by atoms with Crippen LogP contribution in [0.5, 0.6) is 5.75 Å². The summed E-state index contributed by atoms with van der Waals surface area (Å²) in [6, 6.07) is 9.65. The van der Waals surface area contributed by atoms with Gasteiger partial charge in [0.1, 0.15) is 11.8 Å². The van der Waals surface area contributed by atoms with Crippen LogP contribution in [-0.4, -0.2) is 34.7 Å². The number of likely N-dealkylation sites (tertiary alicyclic amines) is 1. The van der Waals surface area contributed by atoms with E-state index in [1.54, 1.807) is 18.1 Å². The number of carbonyl (C=O) groups is 1. The van der Waals surface area contributed by atoms with Gasteiger partial charge >= 0.3 is 6.03 Å². The van der Waals surface area contributed by atoms with Crippen LogP contribution in [-0.2, 0) is 0 Å². The van der Waals surface area contributed by atoms with Gasteiger partial charge in [-0.05, 0) is 43.5 Å². The van der Waals surface area contributed by atoms with Crippen molar-refractivity contribution in [1.82, 2.24) is 15.0 Å². The lowest BCUT2D eigenvalue weighted by Gasteiger charge is -2.33. The number of ether oxygens (including phenoxy) is 1. The lowest BCUT2D eigenvalue weighted by molar-refractivity contribution is 0.142. The molecule has 4 rings (SSSR count). The first kappa shape index (κ1) is 19.8. The van der Waals surface area contributed by atoms with Crippen molar-refractivity contribution < 1.29 is 22.8 Å². The minimum atomic E-state index is -1.03. The van der Waals surface area contributed by atoms with Gasteiger partial charge in [0.25, 0.3) is 0 Å². The SMILES string of the molecule is COc1cccc(-c2noc(C3CCCCN3C(=O)Nc3ccc(F)c(F)c3)n2)c1. The van der Waals surface area contributed by atoms with E-state index in [4.69, 9.17) is 9.26 Å². The number of urea groups is 1. The molecule has 1 aromatic heterocycles. The Labute approximate surface area is 171 Å². The lowest BCUT2D eigenvalue weighted by atomic mass is 10.0. The van der Waals surface area contributed by atoms with Crippen LogP contribution in [0.25, 0.3) is 11.4 Å². The molecule has 30 heavy (non-hydrogen) atoms. The molecule has 156 valence electrons. The van der Waals surface area contributed by atoms with Gasteiger partial charge in [-0.2, -0.15) is 4.98 Å². The van der Waals surface area contributed by atoms with Gasteiger partial charge in [-0.3, -0.25) is 0 Å². The molecule has 1 fully saturated rings. The van der Waals surface area contributed by atoms with Crippen LogP contribution >= 0.6 is 0 Å². The van der Waals surface area contributed by atoms with E-state index >= 15 is 0 Å². The number of halogens is 2. The van der Waals surface area contributed by atoms with E-state index in [-0.39, 0.29) is 5.69 Å². The van der Waals surface area contributed by atoms with Crippen LogP contribution in [0.2, 0.25) is 0 Å². The Hall–Kier alpha value is -3.49. The number of carbonyl (C=O) groups excluding carboxylic acids is 1. The number of hydrogen-bond donors (Lipinski definition) is 1. The van der Waals surface area contributed by atoms with Crippen molar-refractivity contribution in [1.29, 1.82) is 0 Å². The third-order valence-electron chi connectivity index (χ3n) is 4.99. The highest BCUT2D eigenvalue weighted by Gasteiger charge is 2.32. The molecule has 0 aliphatic carbocycles. The quantitative estimate of drug-likeness (QED) is 0.664. The fraction of sp³-hybridized carbons (Fsp3) is 0.286. The van der Waals surface area contributed by atoms with Crippen LogP contribution < -0.4 is 10.1 Å². The Bertz CT molecular complexity index is 1060. The average Bonchev–Trinajstić information content (AvgIpc) is 3.26. The zero-order chi connectivity index (χ0) is 21.1. The van der Waals surface area contributed by atoms with Crippen LogP contribution in [0.1, 0.15) is 31.2 Å². The predicted molar refractivity (Wildman–Crippen MR) is 105 cm³/mol. The van der Waals surface area contributed by atoms with Crippen molar-refractivity contribution in [3.8, 4) is 17.1 Å². The molecule has 1 saturated heterocycles. The maximum Gasteiger partial charge on any atom is 0.322 e. The van der Waals surface area contributed by atoms with Crippen molar-refractivity contribution >= 4 is 11.7 Å². The Morgan fingerprint density at radius 1 is 1.20 bits per heavy atom. The summed E-state index contributed by atoms with van der Waals surface area (Å²) < 4.78 is 37.3. The van der Waals surface area contributed by atoms with E-state index in [2.05, 4.69) is 15.5 Å². The average molecular weight is 414 g/mol. The number of nitrogens with zero attached hydrogens (tertiary/aromatic N) is 3. The maximum atomic E-state index is 13.4. The highest BCUT2D eigenvalue weighted by atomic mass is 19.2. The first-order chi connectivity index (χ1) is 14.5. The Balaban J connectivity index is 1.54. The fourth-order valence-electron chi connectivity index (χ4n) is 3.45. The maximum absolute atomic E-state index is 13.4. The molecule has 0 radical (unpaired) electrons. The van der Waals surface area contributed by atoms with E-state index in [0.717, 1.165) is 30.5 Å². The van der Waals surface area contributed by atoms with Crippen molar-refractivity contribution in [2.75, 3.05) is 19.0 Å². The van der Waals surface area contributed by atoms with Gasteiger partial charge in [-0.15, -0.1) is 0 Å². The number of rotatable bonds is 4. The molecule has 1 atom stereocenters.